The summed E-state index contributed by atoms with van der Waals surface area (Å²) in [6.07, 6.45) is 2.15. The van der Waals surface area contributed by atoms with Gasteiger partial charge in [0.2, 0.25) is 0 Å². The quantitative estimate of drug-likeness (QED) is 0.710. The molecule has 0 saturated heterocycles. The van der Waals surface area contributed by atoms with Gasteiger partial charge in [0.05, 0.1) is 6.04 Å². The van der Waals surface area contributed by atoms with Crippen molar-refractivity contribution in [3.05, 3.63) is 76.2 Å². The van der Waals surface area contributed by atoms with Gasteiger partial charge < -0.3 is 9.88 Å². The molecular weight excluding hydrogens is 252 g/mol. The molecule has 0 saturated carbocycles. The number of nitrogens with one attached hydrogen (secondary N) is 1. The molecule has 0 fully saturated rings. The molecule has 0 bridgehead atoms. The summed E-state index contributed by atoms with van der Waals surface area (Å²) < 4.78 is 2.31. The number of para-hydroxylation sites is 1. The fourth-order valence-corrected chi connectivity index (χ4v) is 3.57. The smallest absolute Gasteiger partial charge is 0.0831 e. The third-order valence-electron chi connectivity index (χ3n) is 3.65. The first kappa shape index (κ1) is 11.0. The lowest BCUT2D eigenvalue weighted by Gasteiger charge is -2.15. The maximum atomic E-state index is 3.67. The summed E-state index contributed by atoms with van der Waals surface area (Å²) in [6, 6.07) is 17.5. The van der Waals surface area contributed by atoms with E-state index in [0.29, 0.717) is 0 Å². The van der Waals surface area contributed by atoms with E-state index in [9.17, 15) is 0 Å². The Morgan fingerprint density at radius 1 is 1.05 bits per heavy atom. The highest BCUT2D eigenvalue weighted by Gasteiger charge is 2.22. The third kappa shape index (κ3) is 1.74. The van der Waals surface area contributed by atoms with Crippen molar-refractivity contribution in [2.45, 2.75) is 12.6 Å². The summed E-state index contributed by atoms with van der Waals surface area (Å²) in [5.41, 5.74) is 3.94. The second-order valence-corrected chi connectivity index (χ2v) is 5.74. The van der Waals surface area contributed by atoms with Crippen LogP contribution in [-0.2, 0) is 6.54 Å². The van der Waals surface area contributed by atoms with E-state index in [0.717, 1.165) is 6.54 Å². The van der Waals surface area contributed by atoms with E-state index in [-0.39, 0.29) is 6.04 Å². The average molecular weight is 266 g/mol. The van der Waals surface area contributed by atoms with E-state index in [1.54, 1.807) is 0 Å². The zero-order chi connectivity index (χ0) is 12.7. The van der Waals surface area contributed by atoms with Gasteiger partial charge >= 0.3 is 0 Å². The summed E-state index contributed by atoms with van der Waals surface area (Å²) >= 11 is 1.81. The number of rotatable bonds is 1. The maximum Gasteiger partial charge on any atom is 0.0831 e. The van der Waals surface area contributed by atoms with Crippen molar-refractivity contribution in [1.29, 1.82) is 0 Å². The van der Waals surface area contributed by atoms with E-state index in [2.05, 4.69) is 70.0 Å². The molecule has 4 rings (SSSR count). The highest BCUT2D eigenvalue weighted by atomic mass is 32.1. The summed E-state index contributed by atoms with van der Waals surface area (Å²) in [6.45, 7) is 0.903. The van der Waals surface area contributed by atoms with Crippen LogP contribution >= 0.6 is 11.3 Å². The Morgan fingerprint density at radius 3 is 2.89 bits per heavy atom. The Balaban J connectivity index is 1.90. The van der Waals surface area contributed by atoms with Crippen LogP contribution < -0.4 is 5.32 Å². The molecule has 1 aliphatic heterocycles. The minimum absolute atomic E-state index is 0.280. The zero-order valence-electron chi connectivity index (χ0n) is 10.4. The summed E-state index contributed by atoms with van der Waals surface area (Å²) in [5.74, 6) is 0. The summed E-state index contributed by atoms with van der Waals surface area (Å²) in [5, 5.41) is 5.81. The Morgan fingerprint density at radius 2 is 2.00 bits per heavy atom. The van der Waals surface area contributed by atoms with Crippen LogP contribution in [0.5, 0.6) is 0 Å². The molecule has 1 atom stereocenters. The predicted octanol–water partition coefficient (Wildman–Crippen LogP) is 3.73. The number of hydrogen-bond donors (Lipinski definition) is 1. The van der Waals surface area contributed by atoms with Gasteiger partial charge in [0.15, 0.2) is 0 Å². The number of nitrogens with zero attached hydrogens (tertiary/aromatic N) is 1. The van der Waals surface area contributed by atoms with Crippen LogP contribution in [0.1, 0.15) is 22.2 Å². The average Bonchev–Trinajstić information content (AvgIpc) is 3.10. The molecule has 2 aromatic heterocycles. The van der Waals surface area contributed by atoms with Crippen molar-refractivity contribution in [1.82, 2.24) is 9.88 Å². The van der Waals surface area contributed by atoms with E-state index in [1.165, 1.54) is 21.8 Å². The van der Waals surface area contributed by atoms with Gasteiger partial charge in [0.1, 0.15) is 0 Å². The SMILES string of the molecule is c1csc(C2NCc3ccccc3-n3cccc32)c1. The molecule has 1 aromatic carbocycles. The lowest BCUT2D eigenvalue weighted by atomic mass is 10.1. The molecule has 3 aromatic rings. The van der Waals surface area contributed by atoms with Crippen molar-refractivity contribution in [2.75, 3.05) is 0 Å². The van der Waals surface area contributed by atoms with Crippen LogP contribution in [0.25, 0.3) is 5.69 Å². The van der Waals surface area contributed by atoms with Gasteiger partial charge in [0.25, 0.3) is 0 Å². The number of fused-ring (bicyclic) bond motifs is 3. The van der Waals surface area contributed by atoms with E-state index < -0.39 is 0 Å². The number of benzene rings is 1. The molecule has 3 heterocycles. The molecule has 1 aliphatic rings. The first-order valence-electron chi connectivity index (χ1n) is 6.46. The number of aromatic nitrogens is 1. The van der Waals surface area contributed by atoms with Crippen LogP contribution in [0.3, 0.4) is 0 Å². The van der Waals surface area contributed by atoms with Crippen molar-refractivity contribution in [3.8, 4) is 5.69 Å². The van der Waals surface area contributed by atoms with Gasteiger partial charge in [-0.15, -0.1) is 11.3 Å². The van der Waals surface area contributed by atoms with Crippen molar-refractivity contribution in [3.63, 3.8) is 0 Å². The Labute approximate surface area is 116 Å². The Kier molecular flexibility index (Phi) is 2.53. The number of hydrogen-bond acceptors (Lipinski definition) is 2. The fourth-order valence-electron chi connectivity index (χ4n) is 2.76. The lowest BCUT2D eigenvalue weighted by molar-refractivity contribution is 0.609. The van der Waals surface area contributed by atoms with Crippen LogP contribution in [0.2, 0.25) is 0 Å². The molecule has 1 N–H and O–H groups in total. The van der Waals surface area contributed by atoms with Gasteiger partial charge in [-0.3, -0.25) is 0 Å². The highest BCUT2D eigenvalue weighted by molar-refractivity contribution is 7.10. The second-order valence-electron chi connectivity index (χ2n) is 4.76. The monoisotopic (exact) mass is 266 g/mol. The molecule has 0 spiro atoms. The highest BCUT2D eigenvalue weighted by Crippen LogP contribution is 2.32. The molecule has 0 amide bonds. The minimum Gasteiger partial charge on any atom is -0.319 e. The normalized spacial score (nSPS) is 17.6. The van der Waals surface area contributed by atoms with Crippen LogP contribution in [0, 0.1) is 0 Å². The number of thiophene rings is 1. The molecular formula is C16H14N2S. The van der Waals surface area contributed by atoms with Gasteiger partial charge in [-0.25, -0.2) is 0 Å². The molecule has 94 valence electrons. The lowest BCUT2D eigenvalue weighted by Crippen LogP contribution is -2.20. The molecule has 0 aliphatic carbocycles. The van der Waals surface area contributed by atoms with Crippen molar-refractivity contribution in [2.24, 2.45) is 0 Å². The fraction of sp³-hybridized carbons (Fsp3) is 0.125. The predicted molar refractivity (Wildman–Crippen MR) is 78.8 cm³/mol. The van der Waals surface area contributed by atoms with Crippen molar-refractivity contribution >= 4 is 11.3 Å². The molecule has 0 radical (unpaired) electrons. The Bertz CT molecular complexity index is 697. The largest absolute Gasteiger partial charge is 0.319 e. The third-order valence-corrected chi connectivity index (χ3v) is 4.59. The molecule has 3 heteroatoms. The zero-order valence-corrected chi connectivity index (χ0v) is 11.2. The van der Waals surface area contributed by atoms with Crippen LogP contribution in [0.15, 0.2) is 60.1 Å². The maximum absolute atomic E-state index is 3.67. The topological polar surface area (TPSA) is 17.0 Å². The first-order valence-corrected chi connectivity index (χ1v) is 7.34. The van der Waals surface area contributed by atoms with E-state index in [4.69, 9.17) is 0 Å². The minimum atomic E-state index is 0.280. The van der Waals surface area contributed by atoms with Gasteiger partial charge in [-0.2, -0.15) is 0 Å². The molecule has 19 heavy (non-hydrogen) atoms. The van der Waals surface area contributed by atoms with Crippen LogP contribution in [0.4, 0.5) is 0 Å². The Hall–Kier alpha value is -1.84. The van der Waals surface area contributed by atoms with E-state index in [1.807, 2.05) is 11.3 Å². The summed E-state index contributed by atoms with van der Waals surface area (Å²) in [4.78, 5) is 1.37. The van der Waals surface area contributed by atoms with Crippen LogP contribution in [-0.4, -0.2) is 4.57 Å². The van der Waals surface area contributed by atoms with Gasteiger partial charge in [0, 0.05) is 29.0 Å². The molecule has 1 unspecified atom stereocenters. The van der Waals surface area contributed by atoms with Gasteiger partial charge in [-0.1, -0.05) is 24.3 Å². The molecule has 2 nitrogen and oxygen atoms in total. The first-order chi connectivity index (χ1) is 9.43. The summed E-state index contributed by atoms with van der Waals surface area (Å²) in [7, 11) is 0. The second kappa shape index (κ2) is 4.37. The van der Waals surface area contributed by atoms with Gasteiger partial charge in [-0.05, 0) is 35.2 Å². The van der Waals surface area contributed by atoms with Crippen molar-refractivity contribution < 1.29 is 0 Å². The standard InChI is InChI=1S/C16H14N2S/c1-2-6-13-12(5-1)11-17-16(15-8-4-10-19-15)14-7-3-9-18(13)14/h1-10,16-17H,11H2. The van der Waals surface area contributed by atoms with E-state index >= 15 is 0 Å².